The maximum atomic E-state index is 12.0. The molecule has 0 spiro atoms. The molecule has 0 unspecified atom stereocenters. The third kappa shape index (κ3) is 2.46. The van der Waals surface area contributed by atoms with Crippen LogP contribution >= 0.6 is 0 Å². The molecule has 0 saturated carbocycles. The smallest absolute Gasteiger partial charge is 0.437 e. The number of ether oxygens (including phenoxy) is 1. The summed E-state index contributed by atoms with van der Waals surface area (Å²) in [5, 5.41) is 8.42. The van der Waals surface area contributed by atoms with Crippen LogP contribution in [0.15, 0.2) is 12.7 Å². The van der Waals surface area contributed by atoms with E-state index in [0.29, 0.717) is 0 Å². The lowest BCUT2D eigenvalue weighted by atomic mass is 10.0. The van der Waals surface area contributed by atoms with E-state index in [0.717, 1.165) is 6.08 Å². The van der Waals surface area contributed by atoms with Crippen molar-refractivity contribution < 1.29 is 41.0 Å². The zero-order chi connectivity index (χ0) is 13.2. The molecule has 3 nitrogen and oxygen atoms in total. The van der Waals surface area contributed by atoms with Gasteiger partial charge < -0.3 is 9.84 Å². The highest BCUT2D eigenvalue weighted by atomic mass is 19.4. The number of carbonyl (C=O) groups is 1. The quantitative estimate of drug-likeness (QED) is 0.471. The molecule has 0 aliphatic rings. The van der Waals surface area contributed by atoms with Gasteiger partial charge in [-0.15, -0.1) is 0 Å². The lowest BCUT2D eigenvalue weighted by molar-refractivity contribution is -0.356. The van der Waals surface area contributed by atoms with Crippen LogP contribution in [0, 0.1) is 0 Å². The summed E-state index contributed by atoms with van der Waals surface area (Å²) in [5.41, 5.74) is -5.52. The fourth-order valence-electron chi connectivity index (χ4n) is 0.631. The van der Waals surface area contributed by atoms with Gasteiger partial charge in [0.1, 0.15) is 6.61 Å². The largest absolute Gasteiger partial charge is 0.459 e. The summed E-state index contributed by atoms with van der Waals surface area (Å²) >= 11 is 0. The van der Waals surface area contributed by atoms with Gasteiger partial charge in [0.2, 0.25) is 0 Å². The molecule has 0 rings (SSSR count). The normalized spacial score (nSPS) is 13.4. The molecule has 0 saturated heterocycles. The molecular formula is C7H6F6O3. The first-order valence-electron chi connectivity index (χ1n) is 3.62. The second-order valence-corrected chi connectivity index (χ2v) is 2.59. The number of aliphatic hydroxyl groups is 1. The van der Waals surface area contributed by atoms with E-state index in [2.05, 4.69) is 11.3 Å². The summed E-state index contributed by atoms with van der Waals surface area (Å²) in [6, 6.07) is 0. The van der Waals surface area contributed by atoms with E-state index in [9.17, 15) is 31.1 Å². The molecule has 0 fully saturated rings. The van der Waals surface area contributed by atoms with Crippen molar-refractivity contribution in [2.75, 3.05) is 6.61 Å². The van der Waals surface area contributed by atoms with E-state index < -0.39 is 30.5 Å². The predicted molar refractivity (Wildman–Crippen MR) is 38.2 cm³/mol. The molecule has 0 aromatic rings. The molecule has 0 aromatic carbocycles. The summed E-state index contributed by atoms with van der Waals surface area (Å²) < 4.78 is 75.5. The Morgan fingerprint density at radius 1 is 1.19 bits per heavy atom. The van der Waals surface area contributed by atoms with Crippen molar-refractivity contribution in [2.45, 2.75) is 18.0 Å². The summed E-state index contributed by atoms with van der Waals surface area (Å²) in [6.45, 7) is 2.04. The van der Waals surface area contributed by atoms with Crippen LogP contribution in [0.4, 0.5) is 26.3 Å². The van der Waals surface area contributed by atoms with Gasteiger partial charge >= 0.3 is 23.9 Å². The van der Waals surface area contributed by atoms with E-state index in [1.165, 1.54) is 0 Å². The van der Waals surface area contributed by atoms with Gasteiger partial charge in [-0.1, -0.05) is 12.7 Å². The van der Waals surface area contributed by atoms with Crippen molar-refractivity contribution in [3.63, 3.8) is 0 Å². The Balaban J connectivity index is 5.27. The van der Waals surface area contributed by atoms with Crippen LogP contribution < -0.4 is 0 Å². The summed E-state index contributed by atoms with van der Waals surface area (Å²) in [6.07, 6.45) is -11.7. The summed E-state index contributed by atoms with van der Waals surface area (Å²) in [7, 11) is 0. The lowest BCUT2D eigenvalue weighted by Gasteiger charge is -2.29. The molecule has 0 amide bonds. The Kier molecular flexibility index (Phi) is 3.98. The minimum atomic E-state index is -6.22. The SMILES string of the molecule is C=CCOC(=O)C(O)(C(F)(F)F)C(F)(F)F. The predicted octanol–water partition coefficient (Wildman–Crippen LogP) is 1.57. The van der Waals surface area contributed by atoms with Crippen LogP contribution in [0.25, 0.3) is 0 Å². The molecule has 9 heteroatoms. The van der Waals surface area contributed by atoms with E-state index >= 15 is 0 Å². The molecule has 94 valence electrons. The maximum Gasteiger partial charge on any atom is 0.437 e. The second kappa shape index (κ2) is 4.32. The number of hydrogen-bond acceptors (Lipinski definition) is 3. The Bertz CT molecular complexity index is 265. The Morgan fingerprint density at radius 2 is 1.56 bits per heavy atom. The molecule has 0 aliphatic heterocycles. The third-order valence-electron chi connectivity index (χ3n) is 1.45. The summed E-state index contributed by atoms with van der Waals surface area (Å²) in [5.74, 6) is -2.84. The van der Waals surface area contributed by atoms with Crippen molar-refractivity contribution in [3.8, 4) is 0 Å². The fraction of sp³-hybridized carbons (Fsp3) is 0.571. The Hall–Kier alpha value is -1.25. The van der Waals surface area contributed by atoms with Crippen LogP contribution in [-0.2, 0) is 9.53 Å². The van der Waals surface area contributed by atoms with Crippen molar-refractivity contribution in [1.82, 2.24) is 0 Å². The Morgan fingerprint density at radius 3 is 1.81 bits per heavy atom. The number of alkyl halides is 6. The first-order valence-corrected chi connectivity index (χ1v) is 3.62. The lowest BCUT2D eigenvalue weighted by Crippen LogP contribution is -2.62. The molecule has 0 heterocycles. The molecule has 1 N–H and O–H groups in total. The van der Waals surface area contributed by atoms with Crippen molar-refractivity contribution in [2.24, 2.45) is 0 Å². The summed E-state index contributed by atoms with van der Waals surface area (Å²) in [4.78, 5) is 10.6. The number of carbonyl (C=O) groups excluding carboxylic acids is 1. The van der Waals surface area contributed by atoms with Gasteiger partial charge in [-0.2, -0.15) is 26.3 Å². The fourth-order valence-corrected chi connectivity index (χ4v) is 0.631. The van der Waals surface area contributed by atoms with Crippen LogP contribution in [0.3, 0.4) is 0 Å². The van der Waals surface area contributed by atoms with Gasteiger partial charge in [-0.3, -0.25) is 0 Å². The van der Waals surface area contributed by atoms with Crippen molar-refractivity contribution >= 4 is 5.97 Å². The van der Waals surface area contributed by atoms with Gasteiger partial charge in [-0.05, 0) is 0 Å². The van der Waals surface area contributed by atoms with E-state index in [-0.39, 0.29) is 0 Å². The zero-order valence-corrected chi connectivity index (χ0v) is 7.52. The number of halogens is 6. The highest BCUT2D eigenvalue weighted by Gasteiger charge is 2.76. The average molecular weight is 252 g/mol. The van der Waals surface area contributed by atoms with Gasteiger partial charge in [0, 0.05) is 0 Å². The van der Waals surface area contributed by atoms with Gasteiger partial charge in [0.05, 0.1) is 0 Å². The number of rotatable bonds is 3. The third-order valence-corrected chi connectivity index (χ3v) is 1.45. The number of hydrogen-bond donors (Lipinski definition) is 1. The molecular weight excluding hydrogens is 246 g/mol. The highest BCUT2D eigenvalue weighted by Crippen LogP contribution is 2.43. The minimum absolute atomic E-state index is 0.755. The number of esters is 1. The topological polar surface area (TPSA) is 46.5 Å². The van der Waals surface area contributed by atoms with Gasteiger partial charge in [0.25, 0.3) is 0 Å². The van der Waals surface area contributed by atoms with Gasteiger partial charge in [-0.25, -0.2) is 4.79 Å². The second-order valence-electron chi connectivity index (χ2n) is 2.59. The van der Waals surface area contributed by atoms with Crippen LogP contribution in [-0.4, -0.2) is 35.6 Å². The van der Waals surface area contributed by atoms with Crippen molar-refractivity contribution in [1.29, 1.82) is 0 Å². The van der Waals surface area contributed by atoms with E-state index in [1.807, 2.05) is 0 Å². The average Bonchev–Trinajstić information content (AvgIpc) is 2.08. The molecule has 0 radical (unpaired) electrons. The maximum absolute atomic E-state index is 12.0. The van der Waals surface area contributed by atoms with Crippen molar-refractivity contribution in [3.05, 3.63) is 12.7 Å². The zero-order valence-electron chi connectivity index (χ0n) is 7.52. The molecule has 0 bridgehead atoms. The standard InChI is InChI=1S/C7H6F6O3/c1-2-3-16-4(14)5(15,6(8,9)10)7(11,12)13/h2,15H,1,3H2. The van der Waals surface area contributed by atoms with E-state index in [4.69, 9.17) is 5.11 Å². The molecule has 0 aliphatic carbocycles. The van der Waals surface area contributed by atoms with Crippen LogP contribution in [0.1, 0.15) is 0 Å². The highest BCUT2D eigenvalue weighted by molar-refractivity contribution is 5.81. The minimum Gasteiger partial charge on any atom is -0.459 e. The van der Waals surface area contributed by atoms with Gasteiger partial charge in [0.15, 0.2) is 0 Å². The first kappa shape index (κ1) is 14.8. The first-order chi connectivity index (χ1) is 6.98. The van der Waals surface area contributed by atoms with Crippen LogP contribution in [0.5, 0.6) is 0 Å². The van der Waals surface area contributed by atoms with Crippen LogP contribution in [0.2, 0.25) is 0 Å². The van der Waals surface area contributed by atoms with E-state index in [1.54, 1.807) is 0 Å². The molecule has 16 heavy (non-hydrogen) atoms. The Labute approximate surface area is 85.3 Å². The monoisotopic (exact) mass is 252 g/mol. The molecule has 0 atom stereocenters. The molecule has 0 aromatic heterocycles.